The number of carbonyl (C=O) groups is 1. The number of amides is 1. The molecule has 160 valence electrons. The summed E-state index contributed by atoms with van der Waals surface area (Å²) in [5.74, 6) is 0.529. The number of methoxy groups -OCH3 is 1. The van der Waals surface area contributed by atoms with Gasteiger partial charge in [-0.15, -0.1) is 0 Å². The van der Waals surface area contributed by atoms with Crippen LogP contribution in [0, 0.1) is 6.92 Å². The van der Waals surface area contributed by atoms with Gasteiger partial charge in [0, 0.05) is 36.9 Å². The molecule has 1 N–H and O–H groups in total. The van der Waals surface area contributed by atoms with Crippen molar-refractivity contribution in [2.24, 2.45) is 0 Å². The molecule has 4 rings (SSSR count). The van der Waals surface area contributed by atoms with E-state index in [2.05, 4.69) is 4.98 Å². The zero-order valence-corrected chi connectivity index (χ0v) is 17.9. The number of nitrogens with zero attached hydrogens (tertiary/aromatic N) is 2. The normalized spacial score (nSPS) is 15.9. The minimum Gasteiger partial charge on any atom is -0.380 e. The Balaban J connectivity index is 1.57. The van der Waals surface area contributed by atoms with E-state index in [0.717, 1.165) is 24.0 Å². The van der Waals surface area contributed by atoms with E-state index < -0.39 is 0 Å². The van der Waals surface area contributed by atoms with E-state index in [1.807, 2.05) is 66.4 Å². The van der Waals surface area contributed by atoms with Gasteiger partial charge < -0.3 is 14.6 Å². The molecule has 1 aliphatic heterocycles. The number of carbonyl (C=O) groups excluding carboxylic acids is 1. The van der Waals surface area contributed by atoms with Gasteiger partial charge in [-0.05, 0) is 43.0 Å². The lowest BCUT2D eigenvalue weighted by atomic mass is 10.0. The molecule has 0 radical (unpaired) electrons. The maximum absolute atomic E-state index is 13.2. The van der Waals surface area contributed by atoms with Crippen molar-refractivity contribution in [1.82, 2.24) is 14.9 Å². The van der Waals surface area contributed by atoms with E-state index >= 15 is 0 Å². The number of aromatic nitrogens is 2. The minimum absolute atomic E-state index is 0.0415. The summed E-state index contributed by atoms with van der Waals surface area (Å²) in [5, 5.41) is 0. The first-order chi connectivity index (χ1) is 15.1. The van der Waals surface area contributed by atoms with E-state index in [1.165, 1.54) is 0 Å². The van der Waals surface area contributed by atoms with Crippen LogP contribution in [-0.4, -0.2) is 34.4 Å². The van der Waals surface area contributed by atoms with Gasteiger partial charge in [0.15, 0.2) is 0 Å². The number of hydrogen-bond acceptors (Lipinski definition) is 4. The van der Waals surface area contributed by atoms with Crippen LogP contribution in [0.25, 0.3) is 0 Å². The first kappa shape index (κ1) is 21.0. The lowest BCUT2D eigenvalue weighted by Gasteiger charge is -2.24. The van der Waals surface area contributed by atoms with Crippen molar-refractivity contribution in [1.29, 1.82) is 0 Å². The molecule has 2 aromatic carbocycles. The molecule has 31 heavy (non-hydrogen) atoms. The first-order valence-electron chi connectivity index (χ1n) is 10.6. The lowest BCUT2D eigenvalue weighted by Crippen LogP contribution is -2.33. The Morgan fingerprint density at radius 2 is 1.87 bits per heavy atom. The van der Waals surface area contributed by atoms with E-state index in [1.54, 1.807) is 7.11 Å². The fourth-order valence-corrected chi connectivity index (χ4v) is 4.17. The molecule has 1 saturated heterocycles. The molecule has 6 heteroatoms. The van der Waals surface area contributed by atoms with E-state index in [4.69, 9.17) is 9.72 Å². The number of hydrogen-bond donors (Lipinski definition) is 1. The highest BCUT2D eigenvalue weighted by Gasteiger charge is 2.32. The molecule has 0 aliphatic carbocycles. The number of aromatic amines is 1. The van der Waals surface area contributed by atoms with Crippen LogP contribution in [0.15, 0.2) is 59.4 Å². The number of benzene rings is 2. The number of aryl methyl sites for hydroxylation is 1. The quantitative estimate of drug-likeness (QED) is 0.662. The first-order valence-corrected chi connectivity index (χ1v) is 10.6. The Kier molecular flexibility index (Phi) is 6.28. The predicted molar refractivity (Wildman–Crippen MR) is 119 cm³/mol. The molecule has 1 amide bonds. The predicted octanol–water partition coefficient (Wildman–Crippen LogP) is 3.79. The number of rotatable bonds is 6. The zero-order chi connectivity index (χ0) is 21.8. The topological polar surface area (TPSA) is 75.3 Å². The fourth-order valence-electron chi connectivity index (χ4n) is 4.17. The third kappa shape index (κ3) is 4.59. The Hall–Kier alpha value is -3.25. The second kappa shape index (κ2) is 9.27. The van der Waals surface area contributed by atoms with Gasteiger partial charge in [0.1, 0.15) is 5.82 Å². The largest absolute Gasteiger partial charge is 0.380 e. The van der Waals surface area contributed by atoms with Crippen molar-refractivity contribution in [3.05, 3.63) is 98.7 Å². The zero-order valence-electron chi connectivity index (χ0n) is 17.9. The number of H-pyrrole nitrogens is 1. The maximum atomic E-state index is 13.2. The Labute approximate surface area is 181 Å². The highest BCUT2D eigenvalue weighted by Crippen LogP contribution is 2.31. The Morgan fingerprint density at radius 3 is 2.55 bits per heavy atom. The van der Waals surface area contributed by atoms with Crippen molar-refractivity contribution in [3.8, 4) is 0 Å². The van der Waals surface area contributed by atoms with Gasteiger partial charge >= 0.3 is 0 Å². The van der Waals surface area contributed by atoms with Crippen LogP contribution < -0.4 is 5.56 Å². The summed E-state index contributed by atoms with van der Waals surface area (Å²) in [4.78, 5) is 35.5. The monoisotopic (exact) mass is 417 g/mol. The molecule has 1 aliphatic rings. The molecular weight excluding hydrogens is 390 g/mol. The summed E-state index contributed by atoms with van der Waals surface area (Å²) < 4.78 is 5.14. The van der Waals surface area contributed by atoms with Crippen molar-refractivity contribution in [3.63, 3.8) is 0 Å². The second-order valence-corrected chi connectivity index (χ2v) is 7.96. The Morgan fingerprint density at radius 1 is 1.13 bits per heavy atom. The Bertz CT molecular complexity index is 1110. The van der Waals surface area contributed by atoms with Gasteiger partial charge in [0.25, 0.3) is 11.5 Å². The fraction of sp³-hybridized carbons (Fsp3) is 0.320. The van der Waals surface area contributed by atoms with Crippen molar-refractivity contribution < 1.29 is 9.53 Å². The molecule has 0 saturated carbocycles. The van der Waals surface area contributed by atoms with Crippen molar-refractivity contribution in [2.45, 2.75) is 38.8 Å². The minimum atomic E-state index is -0.219. The second-order valence-electron chi connectivity index (χ2n) is 7.96. The number of nitrogens with one attached hydrogen (secondary N) is 1. The van der Waals surface area contributed by atoms with Crippen molar-refractivity contribution >= 4 is 5.91 Å². The van der Waals surface area contributed by atoms with Crippen LogP contribution in [0.4, 0.5) is 0 Å². The molecule has 0 bridgehead atoms. The van der Waals surface area contributed by atoms with Crippen LogP contribution in [0.5, 0.6) is 0 Å². The average Bonchev–Trinajstić information content (AvgIpc) is 3.27. The van der Waals surface area contributed by atoms with Gasteiger partial charge in [-0.2, -0.15) is 0 Å². The summed E-state index contributed by atoms with van der Waals surface area (Å²) in [5.41, 5.74) is 3.97. The van der Waals surface area contributed by atoms with Gasteiger partial charge in [-0.25, -0.2) is 4.98 Å². The highest BCUT2D eigenvalue weighted by atomic mass is 16.5. The van der Waals surface area contributed by atoms with Crippen LogP contribution in [0.3, 0.4) is 0 Å². The van der Waals surface area contributed by atoms with Gasteiger partial charge in [-0.1, -0.05) is 42.5 Å². The highest BCUT2D eigenvalue weighted by molar-refractivity contribution is 5.94. The van der Waals surface area contributed by atoms with E-state index in [9.17, 15) is 9.59 Å². The standard InChI is InChI=1S/C25H27N3O3/c1-17-21(15-18-7-4-3-5-8-18)24(29)27-23(26-17)22-9-6-14-28(22)25(30)20-12-10-19(11-13-20)16-31-2/h3-5,7-8,10-13,22H,6,9,14-16H2,1-2H3,(H,26,27,29)/t22-/m1/s1. The summed E-state index contributed by atoms with van der Waals surface area (Å²) in [7, 11) is 1.65. The van der Waals surface area contributed by atoms with Crippen LogP contribution in [0.1, 0.15) is 57.5 Å². The third-order valence-corrected chi connectivity index (χ3v) is 5.81. The number of ether oxygens (including phenoxy) is 1. The summed E-state index contributed by atoms with van der Waals surface area (Å²) in [6.45, 7) is 3.03. The van der Waals surface area contributed by atoms with Crippen LogP contribution in [0.2, 0.25) is 0 Å². The lowest BCUT2D eigenvalue weighted by molar-refractivity contribution is 0.0729. The van der Waals surface area contributed by atoms with Crippen LogP contribution in [-0.2, 0) is 17.8 Å². The molecule has 1 atom stereocenters. The molecule has 6 nitrogen and oxygen atoms in total. The summed E-state index contributed by atoms with van der Waals surface area (Å²) in [6, 6.07) is 17.1. The molecule has 0 spiro atoms. The average molecular weight is 418 g/mol. The molecule has 1 fully saturated rings. The number of likely N-dealkylation sites (tertiary alicyclic amines) is 1. The summed E-state index contributed by atoms with van der Waals surface area (Å²) >= 11 is 0. The SMILES string of the molecule is COCc1ccc(C(=O)N2CCC[C@@H]2c2nc(C)c(Cc3ccccc3)c(=O)[nH]2)cc1. The van der Waals surface area contributed by atoms with Gasteiger partial charge in [0.2, 0.25) is 0 Å². The maximum Gasteiger partial charge on any atom is 0.254 e. The summed E-state index contributed by atoms with van der Waals surface area (Å²) in [6.07, 6.45) is 2.21. The molecule has 2 heterocycles. The molecule has 1 aromatic heterocycles. The smallest absolute Gasteiger partial charge is 0.254 e. The van der Waals surface area contributed by atoms with Gasteiger partial charge in [-0.3, -0.25) is 9.59 Å². The molecule has 0 unspecified atom stereocenters. The van der Waals surface area contributed by atoms with E-state index in [-0.39, 0.29) is 17.5 Å². The van der Waals surface area contributed by atoms with Gasteiger partial charge in [0.05, 0.1) is 12.6 Å². The third-order valence-electron chi connectivity index (χ3n) is 5.81. The van der Waals surface area contributed by atoms with Crippen LogP contribution >= 0.6 is 0 Å². The molecular formula is C25H27N3O3. The van der Waals surface area contributed by atoms with Crippen molar-refractivity contribution in [2.75, 3.05) is 13.7 Å². The molecule has 3 aromatic rings. The van der Waals surface area contributed by atoms with E-state index in [0.29, 0.717) is 42.2 Å².